The summed E-state index contributed by atoms with van der Waals surface area (Å²) in [5.41, 5.74) is -2.15. The topological polar surface area (TPSA) is 102 Å². The van der Waals surface area contributed by atoms with Gasteiger partial charge in [0.2, 0.25) is 52.6 Å². The number of rotatable bonds is 14. The Morgan fingerprint density at radius 1 is 0.812 bits per heavy atom. The number of β-lactam (4-membered cyclic amide) rings is 1. The molecule has 1 saturated heterocycles. The summed E-state index contributed by atoms with van der Waals surface area (Å²) in [6.45, 7) is 13.8. The van der Waals surface area contributed by atoms with Gasteiger partial charge in [-0.3, -0.25) is 24.1 Å². The minimum Gasteiger partial charge on any atom is -0.419 e. The highest BCUT2D eigenvalue weighted by Gasteiger charge is 2.42. The molecule has 0 spiro atoms. The van der Waals surface area contributed by atoms with E-state index in [1.807, 2.05) is 26.0 Å². The van der Waals surface area contributed by atoms with Gasteiger partial charge in [-0.05, 0) is 63.1 Å². The maximum absolute atomic E-state index is 14.1. The molecule has 0 radical (unpaired) electrons. The van der Waals surface area contributed by atoms with Crippen LogP contribution < -0.4 is 10.1 Å². The molecule has 264 valence electrons. The number of amides is 3. The van der Waals surface area contributed by atoms with Crippen molar-refractivity contribution in [3.63, 3.8) is 0 Å². The largest absolute Gasteiger partial charge is 0.419 e. The highest BCUT2D eigenvalue weighted by atomic mass is 19.2. The van der Waals surface area contributed by atoms with E-state index in [2.05, 4.69) is 23.9 Å². The van der Waals surface area contributed by atoms with E-state index in [0.717, 1.165) is 5.56 Å². The molecular formula is C35H43F5N2O6. The van der Waals surface area contributed by atoms with Crippen LogP contribution in [-0.4, -0.2) is 48.3 Å². The van der Waals surface area contributed by atoms with Crippen molar-refractivity contribution in [3.05, 3.63) is 58.9 Å². The summed E-state index contributed by atoms with van der Waals surface area (Å²) >= 11 is 0. The first kappa shape index (κ1) is 38.6. The molecule has 1 aliphatic rings. The van der Waals surface area contributed by atoms with Gasteiger partial charge >= 0.3 is 5.97 Å². The van der Waals surface area contributed by atoms with Crippen molar-refractivity contribution in [1.82, 2.24) is 4.90 Å². The number of hydrogen-bond donors (Lipinski definition) is 1. The smallest absolute Gasteiger partial charge is 0.319 e. The molecule has 1 aliphatic heterocycles. The molecule has 3 rings (SSSR count). The lowest BCUT2D eigenvalue weighted by Gasteiger charge is -2.39. The second-order valence-electron chi connectivity index (χ2n) is 14.7. The Labute approximate surface area is 277 Å². The van der Waals surface area contributed by atoms with Crippen LogP contribution in [0.2, 0.25) is 0 Å². The van der Waals surface area contributed by atoms with Crippen LogP contribution in [0.3, 0.4) is 0 Å². The number of benzene rings is 2. The third-order valence-electron chi connectivity index (χ3n) is 8.63. The summed E-state index contributed by atoms with van der Waals surface area (Å²) in [4.78, 5) is 51.9. The molecule has 0 aromatic heterocycles. The molecule has 13 heteroatoms. The van der Waals surface area contributed by atoms with Gasteiger partial charge in [0, 0.05) is 24.1 Å². The van der Waals surface area contributed by atoms with Gasteiger partial charge in [0.25, 0.3) is 0 Å². The molecule has 8 nitrogen and oxygen atoms in total. The molecule has 0 bridgehead atoms. The van der Waals surface area contributed by atoms with Gasteiger partial charge in [0.1, 0.15) is 0 Å². The van der Waals surface area contributed by atoms with Crippen LogP contribution in [0.1, 0.15) is 80.2 Å². The lowest BCUT2D eigenvalue weighted by Crippen LogP contribution is -2.53. The molecule has 0 saturated carbocycles. The van der Waals surface area contributed by atoms with Crippen LogP contribution >= 0.6 is 0 Å². The van der Waals surface area contributed by atoms with E-state index in [-0.39, 0.29) is 36.9 Å². The Kier molecular flexibility index (Phi) is 11.5. The summed E-state index contributed by atoms with van der Waals surface area (Å²) in [6, 6.07) is 7.24. The number of esters is 1. The van der Waals surface area contributed by atoms with Gasteiger partial charge in [-0.15, -0.1) is 0 Å². The maximum atomic E-state index is 14.1. The molecule has 1 heterocycles. The number of likely N-dealkylation sites (tertiary alicyclic amines) is 1. The number of halogens is 5. The number of imide groups is 1. The van der Waals surface area contributed by atoms with Crippen LogP contribution in [0, 0.1) is 50.7 Å². The van der Waals surface area contributed by atoms with Crippen LogP contribution in [-0.2, 0) is 30.3 Å². The summed E-state index contributed by atoms with van der Waals surface area (Å²) in [6.07, 6.45) is 1.62. The monoisotopic (exact) mass is 682 g/mol. The summed E-state index contributed by atoms with van der Waals surface area (Å²) < 4.78 is 78.9. The Balaban J connectivity index is 1.56. The molecule has 0 aliphatic carbocycles. The highest BCUT2D eigenvalue weighted by molar-refractivity contribution is 6.01. The Morgan fingerprint density at radius 3 is 1.83 bits per heavy atom. The number of carbonyl (C=O) groups excluding carboxylic acids is 4. The highest BCUT2D eigenvalue weighted by Crippen LogP contribution is 2.39. The van der Waals surface area contributed by atoms with E-state index >= 15 is 0 Å². The first-order valence-corrected chi connectivity index (χ1v) is 15.6. The second kappa shape index (κ2) is 14.3. The molecule has 1 N–H and O–H groups in total. The van der Waals surface area contributed by atoms with Crippen molar-refractivity contribution >= 4 is 29.4 Å². The zero-order valence-corrected chi connectivity index (χ0v) is 28.5. The van der Waals surface area contributed by atoms with Crippen LogP contribution in [0.5, 0.6) is 5.75 Å². The summed E-state index contributed by atoms with van der Waals surface area (Å²) in [5, 5.41) is 2.82. The number of nitrogens with one attached hydrogen (secondary N) is 1. The molecule has 48 heavy (non-hydrogen) atoms. The van der Waals surface area contributed by atoms with E-state index in [0.29, 0.717) is 31.5 Å². The number of anilines is 1. The number of nitrogens with zero attached hydrogens (tertiary/aromatic N) is 1. The fraction of sp³-hybridized carbons (Fsp3) is 0.543. The van der Waals surface area contributed by atoms with Crippen LogP contribution in [0.25, 0.3) is 0 Å². The number of carbonyl (C=O) groups is 4. The minimum absolute atomic E-state index is 0.0168. The zero-order valence-electron chi connectivity index (χ0n) is 28.5. The number of ether oxygens (including phenoxy) is 2. The average molecular weight is 683 g/mol. The summed E-state index contributed by atoms with van der Waals surface area (Å²) in [5.74, 6) is -15.1. The van der Waals surface area contributed by atoms with Crippen molar-refractivity contribution in [2.24, 2.45) is 21.7 Å². The first-order valence-electron chi connectivity index (χ1n) is 15.6. The van der Waals surface area contributed by atoms with Crippen molar-refractivity contribution in [1.29, 1.82) is 0 Å². The second-order valence-corrected chi connectivity index (χ2v) is 14.7. The van der Waals surface area contributed by atoms with Gasteiger partial charge in [-0.25, -0.2) is 13.2 Å². The van der Waals surface area contributed by atoms with Crippen molar-refractivity contribution in [3.8, 4) is 5.75 Å². The lowest BCUT2D eigenvalue weighted by molar-refractivity contribution is -0.159. The van der Waals surface area contributed by atoms with Crippen LogP contribution in [0.4, 0.5) is 27.6 Å². The number of hydrogen-bond acceptors (Lipinski definition) is 6. The SMILES string of the molecule is CCC(C)(COCC(C)(C)C(=O)Nc1ccc(CC(C)(C)CC(C)(C)C(=O)N2CCC2=O)cc1)C(=O)Oc1c(F)c(F)c(F)c(F)c1F. The van der Waals surface area contributed by atoms with E-state index in [9.17, 15) is 41.1 Å². The Bertz CT molecular complexity index is 1550. The maximum Gasteiger partial charge on any atom is 0.319 e. The van der Waals surface area contributed by atoms with E-state index < -0.39 is 63.0 Å². The van der Waals surface area contributed by atoms with Crippen LogP contribution in [0.15, 0.2) is 24.3 Å². The van der Waals surface area contributed by atoms with Crippen molar-refractivity contribution < 1.29 is 50.6 Å². The fourth-order valence-corrected chi connectivity index (χ4v) is 5.58. The van der Waals surface area contributed by atoms with Gasteiger partial charge in [-0.2, -0.15) is 8.78 Å². The summed E-state index contributed by atoms with van der Waals surface area (Å²) in [7, 11) is 0. The predicted molar refractivity (Wildman–Crippen MR) is 167 cm³/mol. The predicted octanol–water partition coefficient (Wildman–Crippen LogP) is 7.13. The third-order valence-corrected chi connectivity index (χ3v) is 8.63. The third kappa shape index (κ3) is 8.58. The zero-order chi connectivity index (χ0) is 36.4. The fourth-order valence-electron chi connectivity index (χ4n) is 5.58. The molecule has 1 unspecified atom stereocenters. The van der Waals surface area contributed by atoms with Gasteiger partial charge in [-0.1, -0.05) is 46.8 Å². The quantitative estimate of drug-likeness (QED) is 0.0569. The van der Waals surface area contributed by atoms with Crippen molar-refractivity contribution in [2.45, 2.75) is 81.1 Å². The standard InChI is InChI=1S/C35H43F5N2O6/c1-9-35(8,31(46)48-28-26(39)24(37)23(36)25(38)27(28)40)19-47-18-34(6,7)29(44)41-21-12-10-20(11-13-21)16-32(2,3)17-33(4,5)30(45)42-15-14-22(42)43/h10-13H,9,14-19H2,1-8H3,(H,41,44). The first-order chi connectivity index (χ1) is 22.0. The molecule has 2 aromatic carbocycles. The van der Waals surface area contributed by atoms with Gasteiger partial charge < -0.3 is 14.8 Å². The molecule has 1 fully saturated rings. The lowest BCUT2D eigenvalue weighted by atomic mass is 9.71. The average Bonchev–Trinajstić information content (AvgIpc) is 3.00. The normalized spacial score (nSPS) is 15.1. The Hall–Kier alpha value is -3.87. The molecule has 2 aromatic rings. The van der Waals surface area contributed by atoms with E-state index in [1.54, 1.807) is 32.9 Å². The molecule has 1 atom stereocenters. The molecule has 3 amide bonds. The van der Waals surface area contributed by atoms with Gasteiger partial charge in [0.15, 0.2) is 0 Å². The van der Waals surface area contributed by atoms with E-state index in [1.165, 1.54) is 11.8 Å². The molecular weight excluding hydrogens is 639 g/mol. The Morgan fingerprint density at radius 2 is 1.35 bits per heavy atom. The van der Waals surface area contributed by atoms with E-state index in [4.69, 9.17) is 4.74 Å². The van der Waals surface area contributed by atoms with Crippen molar-refractivity contribution in [2.75, 3.05) is 25.1 Å². The minimum atomic E-state index is -2.38. The van der Waals surface area contributed by atoms with Gasteiger partial charge in [0.05, 0.1) is 24.0 Å².